The van der Waals surface area contributed by atoms with Crippen molar-refractivity contribution < 1.29 is 47.2 Å². The molecule has 12 heteroatoms. The van der Waals surface area contributed by atoms with Crippen LogP contribution < -0.4 is 20.7 Å². The van der Waals surface area contributed by atoms with Gasteiger partial charge in [0, 0.05) is 39.9 Å². The third-order valence-corrected chi connectivity index (χ3v) is 27.6. The molecule has 2 unspecified atom stereocenters. The quantitative estimate of drug-likeness (QED) is 0.0604. The Morgan fingerprint density at radius 2 is 1.07 bits per heavy atom. The fourth-order valence-electron chi connectivity index (χ4n) is 13.3. The Morgan fingerprint density at radius 1 is 0.587 bits per heavy atom. The van der Waals surface area contributed by atoms with Gasteiger partial charge in [-0.1, -0.05) is 197 Å². The summed E-state index contributed by atoms with van der Waals surface area (Å²) in [6.07, 6.45) is 0.200. The molecule has 410 valence electrons. The van der Waals surface area contributed by atoms with E-state index in [0.29, 0.717) is 44.4 Å². The second-order valence-corrected chi connectivity index (χ2v) is 32.9. The van der Waals surface area contributed by atoms with Crippen molar-refractivity contribution in [2.75, 3.05) is 14.2 Å². The zero-order valence-corrected chi connectivity index (χ0v) is 49.2. The van der Waals surface area contributed by atoms with Crippen LogP contribution in [-0.4, -0.2) is 115 Å². The molecule has 10 nitrogen and oxygen atoms in total. The number of carbonyl (C=O) groups excluding carboxylic acids is 1. The Hall–Kier alpha value is -3.38. The third kappa shape index (κ3) is 12.1. The lowest BCUT2D eigenvalue weighted by atomic mass is 9.80. The Kier molecular flexibility index (Phi) is 19.1. The van der Waals surface area contributed by atoms with Crippen LogP contribution in [0.5, 0.6) is 0 Å². The highest BCUT2D eigenvalue weighted by atomic mass is 28.4. The van der Waals surface area contributed by atoms with Crippen LogP contribution in [0.1, 0.15) is 127 Å². The smallest absolute Gasteiger partial charge is 0.261 e. The maximum Gasteiger partial charge on any atom is 0.261 e. The molecule has 0 bridgehead atoms. The largest absolute Gasteiger partial charge is 0.399 e. The van der Waals surface area contributed by atoms with Gasteiger partial charge in [-0.2, -0.15) is 0 Å². The van der Waals surface area contributed by atoms with Gasteiger partial charge in [-0.05, 0) is 74.3 Å². The number of carbonyl (C=O) groups is 1. The SMILES string of the molecule is CC[C@@H](C)C[C@H]1O[C@@H](CC(OC)OC)C(CC(=O)C[C@H]2CC[C@@H]3O[C@@H]4[C@@H](OC(C[C@@H](O)CC)[C@@H]4O[Si](c4ccccc4)(c4ccccc4)C(C)(C)C)[C@@H](O[Si](c4ccccc4)(c4ccccc4)C(C)(C)C)[C@H]3O2)[C@H]1C. The second kappa shape index (κ2) is 24.7. The van der Waals surface area contributed by atoms with Gasteiger partial charge in [-0.25, -0.2) is 0 Å². The lowest BCUT2D eigenvalue weighted by Gasteiger charge is -2.53. The van der Waals surface area contributed by atoms with Crippen molar-refractivity contribution in [3.8, 4) is 0 Å². The summed E-state index contributed by atoms with van der Waals surface area (Å²) in [5.41, 5.74) is 0. The van der Waals surface area contributed by atoms with Crippen LogP contribution in [0.2, 0.25) is 10.1 Å². The monoisotopic (exact) mass is 1060 g/mol. The van der Waals surface area contributed by atoms with E-state index in [1.54, 1.807) is 14.2 Å². The van der Waals surface area contributed by atoms with Crippen molar-refractivity contribution in [3.05, 3.63) is 121 Å². The minimum Gasteiger partial charge on any atom is -0.399 e. The molecule has 0 radical (unpaired) electrons. The molecule has 0 saturated carbocycles. The van der Waals surface area contributed by atoms with Crippen molar-refractivity contribution in [2.45, 2.75) is 211 Å². The number of aliphatic hydroxyl groups is 1. The molecular weight excluding hydrogens is 973 g/mol. The number of fused-ring (bicyclic) bond motifs is 2. The van der Waals surface area contributed by atoms with Crippen LogP contribution in [0.25, 0.3) is 0 Å². The van der Waals surface area contributed by atoms with Crippen molar-refractivity contribution in [2.24, 2.45) is 17.8 Å². The topological polar surface area (TPSA) is 111 Å². The van der Waals surface area contributed by atoms with E-state index in [1.807, 2.05) is 6.92 Å². The van der Waals surface area contributed by atoms with Crippen molar-refractivity contribution in [3.63, 3.8) is 0 Å². The van der Waals surface area contributed by atoms with E-state index < -0.39 is 65.7 Å². The maximum atomic E-state index is 14.7. The lowest BCUT2D eigenvalue weighted by Crippen LogP contribution is -2.73. The first-order valence-corrected chi connectivity index (χ1v) is 32.1. The molecule has 4 aliphatic rings. The molecule has 4 aromatic carbocycles. The number of methoxy groups -OCH3 is 2. The van der Waals surface area contributed by atoms with Gasteiger partial charge < -0.3 is 42.4 Å². The molecule has 0 spiro atoms. The van der Waals surface area contributed by atoms with E-state index in [4.69, 9.17) is 37.3 Å². The molecule has 14 atom stereocenters. The van der Waals surface area contributed by atoms with Crippen LogP contribution in [0.4, 0.5) is 0 Å². The summed E-state index contributed by atoms with van der Waals surface area (Å²) in [4.78, 5) is 14.7. The predicted octanol–water partition coefficient (Wildman–Crippen LogP) is 9.93. The number of hydrogen-bond acceptors (Lipinski definition) is 10. The van der Waals surface area contributed by atoms with Gasteiger partial charge in [-0.3, -0.25) is 4.79 Å². The molecule has 8 rings (SSSR count). The zero-order chi connectivity index (χ0) is 53.7. The molecule has 1 N–H and O–H groups in total. The normalized spacial score (nSPS) is 29.2. The highest BCUT2D eigenvalue weighted by Crippen LogP contribution is 2.49. The summed E-state index contributed by atoms with van der Waals surface area (Å²) in [5, 5.41) is 15.6. The first-order valence-electron chi connectivity index (χ1n) is 28.3. The Morgan fingerprint density at radius 3 is 1.52 bits per heavy atom. The molecule has 0 amide bonds. The van der Waals surface area contributed by atoms with Crippen molar-refractivity contribution in [1.82, 2.24) is 0 Å². The van der Waals surface area contributed by atoms with Crippen molar-refractivity contribution in [1.29, 1.82) is 0 Å². The van der Waals surface area contributed by atoms with Crippen LogP contribution in [0, 0.1) is 17.8 Å². The van der Waals surface area contributed by atoms with E-state index in [-0.39, 0.29) is 58.5 Å². The van der Waals surface area contributed by atoms with E-state index in [0.717, 1.165) is 33.6 Å². The molecule has 4 aliphatic heterocycles. The summed E-state index contributed by atoms with van der Waals surface area (Å²) in [7, 11) is -3.14. The average molecular weight is 1060 g/mol. The van der Waals surface area contributed by atoms with Gasteiger partial charge in [0.1, 0.15) is 36.3 Å². The van der Waals surface area contributed by atoms with Gasteiger partial charge in [0.2, 0.25) is 0 Å². The van der Waals surface area contributed by atoms with E-state index in [9.17, 15) is 9.90 Å². The molecule has 0 aliphatic carbocycles. The van der Waals surface area contributed by atoms with Crippen LogP contribution >= 0.6 is 0 Å². The predicted molar refractivity (Wildman–Crippen MR) is 303 cm³/mol. The molecule has 4 saturated heterocycles. The molecule has 4 fully saturated rings. The highest BCUT2D eigenvalue weighted by molar-refractivity contribution is 7.00. The molecular formula is C63H90O10Si2. The van der Waals surface area contributed by atoms with E-state index in [1.165, 1.54) is 0 Å². The zero-order valence-electron chi connectivity index (χ0n) is 47.2. The molecule has 4 heterocycles. The summed E-state index contributed by atoms with van der Waals surface area (Å²) >= 11 is 0. The van der Waals surface area contributed by atoms with Gasteiger partial charge in [-0.15, -0.1) is 0 Å². The number of hydrogen-bond donors (Lipinski definition) is 1. The number of aliphatic hydroxyl groups excluding tert-OH is 1. The van der Waals surface area contributed by atoms with Gasteiger partial charge in [0.05, 0.1) is 36.6 Å². The van der Waals surface area contributed by atoms with Gasteiger partial charge in [0.15, 0.2) is 6.29 Å². The minimum atomic E-state index is -3.27. The Labute approximate surface area is 452 Å². The number of rotatable bonds is 22. The highest BCUT2D eigenvalue weighted by Gasteiger charge is 2.64. The number of Topliss-reactive ketones (excluding diaryl/α,β-unsaturated/α-hetero) is 1. The fraction of sp³-hybridized carbons (Fsp3) is 0.603. The molecule has 75 heavy (non-hydrogen) atoms. The Bertz CT molecular complexity index is 2300. The first kappa shape index (κ1) is 57.8. The van der Waals surface area contributed by atoms with Gasteiger partial charge >= 0.3 is 0 Å². The van der Waals surface area contributed by atoms with Gasteiger partial charge in [0.25, 0.3) is 16.6 Å². The molecule has 4 aromatic rings. The first-order chi connectivity index (χ1) is 35.9. The van der Waals surface area contributed by atoms with E-state index >= 15 is 0 Å². The maximum absolute atomic E-state index is 14.7. The summed E-state index contributed by atoms with van der Waals surface area (Å²) in [6.45, 7) is 22.6. The summed E-state index contributed by atoms with van der Waals surface area (Å²) in [5.74, 6) is 0.907. The minimum absolute atomic E-state index is 0.0236. The second-order valence-electron chi connectivity index (χ2n) is 24.4. The lowest BCUT2D eigenvalue weighted by molar-refractivity contribution is -0.254. The third-order valence-electron chi connectivity index (χ3n) is 17.5. The van der Waals surface area contributed by atoms with Crippen LogP contribution in [0.15, 0.2) is 121 Å². The fourth-order valence-corrected chi connectivity index (χ4v) is 22.7. The Balaban J connectivity index is 1.20. The summed E-state index contributed by atoms with van der Waals surface area (Å²) in [6, 6.07) is 43.0. The average Bonchev–Trinajstić information content (AvgIpc) is 3.89. The number of ketones is 1. The number of benzene rings is 4. The number of ether oxygens (including phenoxy) is 6. The van der Waals surface area contributed by atoms with Crippen LogP contribution in [-0.2, 0) is 42.1 Å². The summed E-state index contributed by atoms with van der Waals surface area (Å²) < 4.78 is 57.0. The van der Waals surface area contributed by atoms with Crippen LogP contribution in [0.3, 0.4) is 0 Å². The van der Waals surface area contributed by atoms with E-state index in [2.05, 4.69) is 184 Å². The standard InChI is InChI=1S/C63H90O10Si2/c1-13-42(3)37-53-43(4)51(54(69-53)41-56(66-11)67-12)39-45(65)38-46-35-36-52-57(68-46)61(73-75(63(8,9)10,49-31-23-17-24-32-49)50-33-25-18-26-34-50)60-59(70-52)58(55(71-60)40-44(64)14-2)72-74(62(5,6)7,47-27-19-15-20-28-47)48-29-21-16-22-30-48/h15-34,42-44,46,51-61,64H,13-14,35-41H2,1-12H3/t42-,43-,44+,46-,51?,52+,53-,54+,55?,57+,58+,59+,60-,61+/m1/s1. The molecule has 0 aromatic heterocycles. The van der Waals surface area contributed by atoms with Crippen molar-refractivity contribution >= 4 is 43.2 Å².